The highest BCUT2D eigenvalue weighted by molar-refractivity contribution is 5.97. The molecule has 1 aromatic heterocycles. The molecule has 0 unspecified atom stereocenters. The zero-order chi connectivity index (χ0) is 24.3. The molecule has 0 aliphatic rings. The number of benzene rings is 2. The average molecular weight is 458 g/mol. The van der Waals surface area contributed by atoms with E-state index in [1.807, 2.05) is 0 Å². The van der Waals surface area contributed by atoms with Gasteiger partial charge in [0, 0.05) is 38.5 Å². The number of anilines is 1. The van der Waals surface area contributed by atoms with Crippen LogP contribution in [0.2, 0.25) is 0 Å². The van der Waals surface area contributed by atoms with Crippen LogP contribution in [0.15, 0.2) is 58.3 Å². The highest BCUT2D eigenvalue weighted by Crippen LogP contribution is 2.19. The van der Waals surface area contributed by atoms with Gasteiger partial charge in [-0.3, -0.25) is 9.59 Å². The Labute approximate surface area is 185 Å². The lowest BCUT2D eigenvalue weighted by atomic mass is 10.0. The van der Waals surface area contributed by atoms with E-state index in [1.54, 1.807) is 0 Å². The van der Waals surface area contributed by atoms with E-state index < -0.39 is 46.4 Å². The smallest absolute Gasteiger partial charge is 0.335 e. The largest absolute Gasteiger partial charge is 0.480 e. The molecule has 3 N–H and O–H groups in total. The first-order chi connectivity index (χ1) is 15.6. The molecule has 0 aliphatic carbocycles. The summed E-state index contributed by atoms with van der Waals surface area (Å²) in [6.45, 7) is 0. The maximum Gasteiger partial charge on any atom is 0.335 e. The first kappa shape index (κ1) is 23.4. The lowest BCUT2D eigenvalue weighted by Crippen LogP contribution is -2.43. The van der Waals surface area contributed by atoms with Gasteiger partial charge in [-0.15, -0.1) is 0 Å². The van der Waals surface area contributed by atoms with Crippen LogP contribution in [0.1, 0.15) is 15.9 Å². The number of carbonyl (C=O) groups is 2. The number of carboxylic acid groups (broad SMARTS) is 1. The molecule has 9 nitrogen and oxygen atoms in total. The Bertz CT molecular complexity index is 1310. The Kier molecular flexibility index (Phi) is 6.71. The van der Waals surface area contributed by atoms with Crippen LogP contribution in [0.25, 0.3) is 5.69 Å². The predicted octanol–water partition coefficient (Wildman–Crippen LogP) is 1.28. The first-order valence-electron chi connectivity index (χ1n) is 9.71. The molecular weight excluding hydrogens is 438 g/mol. The number of halogens is 2. The second kappa shape index (κ2) is 9.47. The summed E-state index contributed by atoms with van der Waals surface area (Å²) in [6, 6.07) is 7.46. The van der Waals surface area contributed by atoms with E-state index in [9.17, 15) is 33.1 Å². The molecule has 1 atom stereocenters. The van der Waals surface area contributed by atoms with Gasteiger partial charge in [-0.05, 0) is 29.8 Å². The van der Waals surface area contributed by atoms with Gasteiger partial charge in [0.25, 0.3) is 11.5 Å². The van der Waals surface area contributed by atoms with Crippen molar-refractivity contribution >= 4 is 17.6 Å². The molecule has 0 fully saturated rings. The number of nitrogens with one attached hydrogen (secondary N) is 2. The second-order valence-electron chi connectivity index (χ2n) is 7.18. The van der Waals surface area contributed by atoms with E-state index in [2.05, 4.69) is 10.6 Å². The molecule has 172 valence electrons. The molecule has 33 heavy (non-hydrogen) atoms. The molecular formula is C22H20F2N4O5. The fraction of sp³-hybridized carbons (Fsp3) is 0.182. The van der Waals surface area contributed by atoms with Gasteiger partial charge >= 0.3 is 11.7 Å². The van der Waals surface area contributed by atoms with Gasteiger partial charge in [0.05, 0.1) is 5.69 Å². The molecule has 1 heterocycles. The third kappa shape index (κ3) is 4.97. The number of carboxylic acids is 1. The number of aliphatic carboxylic acids is 1. The third-order valence-electron chi connectivity index (χ3n) is 4.95. The van der Waals surface area contributed by atoms with Crippen LogP contribution >= 0.6 is 0 Å². The van der Waals surface area contributed by atoms with Gasteiger partial charge in [0.15, 0.2) is 0 Å². The van der Waals surface area contributed by atoms with Crippen molar-refractivity contribution in [2.45, 2.75) is 12.5 Å². The summed E-state index contributed by atoms with van der Waals surface area (Å²) >= 11 is 0. The second-order valence-corrected chi connectivity index (χ2v) is 7.18. The normalized spacial score (nSPS) is 11.6. The SMILES string of the molecule is CNc1cc(F)c(C(=O)N[C@@H](Cc2ccc(-n3c(=O)ccn(C)c3=O)cc2)C(=O)O)c(F)c1. The van der Waals surface area contributed by atoms with Crippen LogP contribution < -0.4 is 21.9 Å². The Morgan fingerprint density at radius 1 is 1.06 bits per heavy atom. The maximum absolute atomic E-state index is 14.2. The van der Waals surface area contributed by atoms with Gasteiger partial charge in [0.2, 0.25) is 0 Å². The molecule has 0 saturated carbocycles. The van der Waals surface area contributed by atoms with Crippen molar-refractivity contribution in [3.05, 3.63) is 92.3 Å². The zero-order valence-corrected chi connectivity index (χ0v) is 17.6. The Morgan fingerprint density at radius 3 is 2.21 bits per heavy atom. The number of aromatic nitrogens is 2. The molecule has 0 radical (unpaired) electrons. The molecule has 0 bridgehead atoms. The molecule has 0 saturated heterocycles. The molecule has 0 spiro atoms. The maximum atomic E-state index is 14.2. The molecule has 3 rings (SSSR count). The van der Waals surface area contributed by atoms with E-state index in [1.165, 1.54) is 55.2 Å². The Hall–Kier alpha value is -4.28. The summed E-state index contributed by atoms with van der Waals surface area (Å²) < 4.78 is 30.5. The van der Waals surface area contributed by atoms with Crippen LogP contribution in [0.5, 0.6) is 0 Å². The van der Waals surface area contributed by atoms with Gasteiger partial charge in [0.1, 0.15) is 23.2 Å². The predicted molar refractivity (Wildman–Crippen MR) is 116 cm³/mol. The minimum atomic E-state index is -1.49. The Morgan fingerprint density at radius 2 is 1.67 bits per heavy atom. The van der Waals surface area contributed by atoms with E-state index in [0.717, 1.165) is 16.7 Å². The fourth-order valence-corrected chi connectivity index (χ4v) is 3.19. The van der Waals surface area contributed by atoms with E-state index in [-0.39, 0.29) is 17.8 Å². The fourth-order valence-electron chi connectivity index (χ4n) is 3.19. The minimum Gasteiger partial charge on any atom is -0.480 e. The standard InChI is InChI=1S/C22H20F2N4O5/c1-25-13-10-15(23)19(16(24)11-13)20(30)26-17(21(31)32)9-12-3-5-14(6-4-12)28-18(29)7-8-27(2)22(28)33/h3-8,10-11,17,25H,9H2,1-2H3,(H,26,30)(H,31,32)/t17-/m0/s1. The quantitative estimate of drug-likeness (QED) is 0.490. The number of hydrogen-bond donors (Lipinski definition) is 3. The highest BCUT2D eigenvalue weighted by atomic mass is 19.1. The summed E-state index contributed by atoms with van der Waals surface area (Å²) in [4.78, 5) is 48.3. The summed E-state index contributed by atoms with van der Waals surface area (Å²) in [6.07, 6.45) is 1.13. The van der Waals surface area contributed by atoms with Gasteiger partial charge in [-0.25, -0.2) is 22.9 Å². The minimum absolute atomic E-state index is 0.115. The monoisotopic (exact) mass is 458 g/mol. The van der Waals surface area contributed by atoms with Gasteiger partial charge in [-0.1, -0.05) is 12.1 Å². The van der Waals surface area contributed by atoms with Crippen LogP contribution in [0, 0.1) is 11.6 Å². The Balaban J connectivity index is 1.82. The van der Waals surface area contributed by atoms with E-state index >= 15 is 0 Å². The lowest BCUT2D eigenvalue weighted by molar-refractivity contribution is -0.139. The van der Waals surface area contributed by atoms with E-state index in [0.29, 0.717) is 5.56 Å². The van der Waals surface area contributed by atoms with Crippen LogP contribution in [0.3, 0.4) is 0 Å². The molecule has 3 aromatic rings. The topological polar surface area (TPSA) is 122 Å². The van der Waals surface area contributed by atoms with Crippen LogP contribution in [-0.2, 0) is 18.3 Å². The average Bonchev–Trinajstić information content (AvgIpc) is 2.76. The lowest BCUT2D eigenvalue weighted by Gasteiger charge is -2.16. The number of rotatable bonds is 7. The molecule has 1 amide bonds. The highest BCUT2D eigenvalue weighted by Gasteiger charge is 2.25. The molecule has 2 aromatic carbocycles. The van der Waals surface area contributed by atoms with E-state index in [4.69, 9.17) is 0 Å². The van der Waals surface area contributed by atoms with Crippen molar-refractivity contribution in [1.82, 2.24) is 14.5 Å². The van der Waals surface area contributed by atoms with Crippen molar-refractivity contribution in [3.63, 3.8) is 0 Å². The van der Waals surface area contributed by atoms with Crippen molar-refractivity contribution in [3.8, 4) is 5.69 Å². The van der Waals surface area contributed by atoms with Crippen LogP contribution in [0.4, 0.5) is 14.5 Å². The zero-order valence-electron chi connectivity index (χ0n) is 17.6. The summed E-state index contributed by atoms with van der Waals surface area (Å²) in [7, 11) is 2.94. The first-order valence-corrected chi connectivity index (χ1v) is 9.71. The summed E-state index contributed by atoms with van der Waals surface area (Å²) in [5, 5.41) is 14.2. The van der Waals surface area contributed by atoms with Crippen molar-refractivity contribution in [2.24, 2.45) is 7.05 Å². The number of carbonyl (C=O) groups excluding carboxylic acids is 1. The van der Waals surface area contributed by atoms with Crippen molar-refractivity contribution in [2.75, 3.05) is 12.4 Å². The molecule has 11 heteroatoms. The number of nitrogens with zero attached hydrogens (tertiary/aromatic N) is 2. The van der Waals surface area contributed by atoms with Crippen molar-refractivity contribution < 1.29 is 23.5 Å². The summed E-state index contributed by atoms with van der Waals surface area (Å²) in [5.74, 6) is -4.90. The summed E-state index contributed by atoms with van der Waals surface area (Å²) in [5.41, 5.74) is -1.15. The number of aryl methyl sites for hydroxylation is 1. The number of amides is 1. The molecule has 0 aliphatic heterocycles. The van der Waals surface area contributed by atoms with Crippen molar-refractivity contribution in [1.29, 1.82) is 0 Å². The van der Waals surface area contributed by atoms with Gasteiger partial charge < -0.3 is 20.3 Å². The van der Waals surface area contributed by atoms with Crippen LogP contribution in [-0.4, -0.2) is 39.2 Å². The van der Waals surface area contributed by atoms with Gasteiger partial charge in [-0.2, -0.15) is 0 Å². The number of hydrogen-bond acceptors (Lipinski definition) is 5. The third-order valence-corrected chi connectivity index (χ3v) is 4.95.